The van der Waals surface area contributed by atoms with Crippen LogP contribution in [-0.2, 0) is 21.9 Å². The molecule has 2 aromatic carbocycles. The van der Waals surface area contributed by atoms with E-state index >= 15 is 0 Å². The first kappa shape index (κ1) is 27.3. The Balaban J connectivity index is 1.39. The van der Waals surface area contributed by atoms with E-state index in [9.17, 15) is 13.7 Å². The largest absolute Gasteiger partial charge is 0.344 e. The van der Waals surface area contributed by atoms with Gasteiger partial charge in [-0.05, 0) is 73.4 Å². The van der Waals surface area contributed by atoms with E-state index in [1.54, 1.807) is 24.2 Å². The van der Waals surface area contributed by atoms with Crippen molar-refractivity contribution in [1.82, 2.24) is 14.3 Å². The van der Waals surface area contributed by atoms with Gasteiger partial charge < -0.3 is 4.98 Å². The number of fused-ring (bicyclic) bond motifs is 1. The third-order valence-electron chi connectivity index (χ3n) is 8.91. The minimum atomic E-state index is -3.30. The Hall–Kier alpha value is -2.89. The van der Waals surface area contributed by atoms with Crippen LogP contribution < -0.4 is 0 Å². The van der Waals surface area contributed by atoms with Crippen LogP contribution in [0.4, 0.5) is 0 Å². The molecule has 2 aliphatic carbocycles. The highest BCUT2D eigenvalue weighted by Gasteiger charge is 2.70. The highest BCUT2D eigenvalue weighted by molar-refractivity contribution is 7.89. The minimum absolute atomic E-state index is 0.101. The molecule has 3 aliphatic rings. The van der Waals surface area contributed by atoms with E-state index in [0.717, 1.165) is 53.2 Å². The molecular weight excluding hydrogens is 563 g/mol. The number of aromatic amines is 1. The van der Waals surface area contributed by atoms with Gasteiger partial charge in [0.05, 0.1) is 38.1 Å². The fourth-order valence-corrected chi connectivity index (χ4v) is 8.11. The lowest BCUT2D eigenvalue weighted by Gasteiger charge is -2.35. The van der Waals surface area contributed by atoms with Crippen molar-refractivity contribution in [2.45, 2.75) is 50.2 Å². The van der Waals surface area contributed by atoms with Crippen LogP contribution in [0, 0.1) is 16.7 Å². The Labute approximate surface area is 245 Å². The molecule has 1 saturated carbocycles. The van der Waals surface area contributed by atoms with Gasteiger partial charge in [0.15, 0.2) is 0 Å². The maximum atomic E-state index is 12.9. The Morgan fingerprint density at radius 3 is 2.45 bits per heavy atom. The molecule has 6 rings (SSSR count). The second-order valence-electron chi connectivity index (χ2n) is 11.3. The number of rotatable bonds is 5. The molecule has 1 aliphatic heterocycles. The van der Waals surface area contributed by atoms with Crippen molar-refractivity contribution in [3.8, 4) is 17.2 Å². The molecule has 2 fully saturated rings. The Morgan fingerprint density at radius 2 is 1.77 bits per heavy atom. The summed E-state index contributed by atoms with van der Waals surface area (Å²) < 4.78 is 27.5. The number of sulfonamides is 1. The molecule has 1 atom stereocenters. The summed E-state index contributed by atoms with van der Waals surface area (Å²) in [5, 5.41) is 9.87. The predicted molar refractivity (Wildman–Crippen MR) is 159 cm³/mol. The number of hydrogen-bond acceptors (Lipinski definition) is 4. The Morgan fingerprint density at radius 1 is 1.05 bits per heavy atom. The zero-order valence-electron chi connectivity index (χ0n) is 22.4. The Kier molecular flexibility index (Phi) is 6.74. The molecule has 0 amide bonds. The minimum Gasteiger partial charge on any atom is -0.344 e. The molecule has 2 heterocycles. The van der Waals surface area contributed by atoms with E-state index in [1.165, 1.54) is 0 Å². The molecule has 206 valence electrons. The first-order chi connectivity index (χ1) is 19.1. The van der Waals surface area contributed by atoms with E-state index in [4.69, 9.17) is 28.2 Å². The second-order valence-corrected chi connectivity index (χ2v) is 14.6. The predicted octanol–water partition coefficient (Wildman–Crippen LogP) is 6.72. The number of allylic oxidation sites excluding steroid dienone is 3. The number of halogens is 2. The van der Waals surface area contributed by atoms with Crippen LogP contribution in [0.5, 0.6) is 0 Å². The van der Waals surface area contributed by atoms with Crippen LogP contribution in [0.25, 0.3) is 17.2 Å². The number of benzene rings is 2. The average Bonchev–Trinajstić information content (AvgIpc) is 3.47. The second kappa shape index (κ2) is 9.88. The van der Waals surface area contributed by atoms with Crippen molar-refractivity contribution in [2.24, 2.45) is 5.41 Å². The van der Waals surface area contributed by atoms with Crippen molar-refractivity contribution >= 4 is 39.3 Å². The number of H-pyrrole nitrogens is 1. The van der Waals surface area contributed by atoms with Crippen LogP contribution in [-0.4, -0.2) is 41.0 Å². The first-order valence-corrected chi connectivity index (χ1v) is 15.8. The highest BCUT2D eigenvalue weighted by Crippen LogP contribution is 2.72. The van der Waals surface area contributed by atoms with Gasteiger partial charge in [-0.3, -0.25) is 0 Å². The van der Waals surface area contributed by atoms with Crippen molar-refractivity contribution in [1.29, 1.82) is 5.26 Å². The summed E-state index contributed by atoms with van der Waals surface area (Å²) >= 11 is 12.7. The van der Waals surface area contributed by atoms with Gasteiger partial charge in [0.25, 0.3) is 0 Å². The van der Waals surface area contributed by atoms with Crippen LogP contribution in [0.2, 0.25) is 0 Å². The summed E-state index contributed by atoms with van der Waals surface area (Å²) in [6.45, 7) is 4.49. The summed E-state index contributed by atoms with van der Waals surface area (Å²) in [4.78, 5) is 8.70. The fraction of sp³-hybridized carbons (Fsp3) is 0.355. The summed E-state index contributed by atoms with van der Waals surface area (Å²) in [5.74, 6) is 0.893. The van der Waals surface area contributed by atoms with Gasteiger partial charge in [-0.25, -0.2) is 17.7 Å². The lowest BCUT2D eigenvalue weighted by molar-refractivity contribution is 0.235. The summed E-state index contributed by atoms with van der Waals surface area (Å²) in [5.41, 5.74) is 5.09. The number of nitrogens with one attached hydrogen (secondary N) is 1. The molecule has 40 heavy (non-hydrogen) atoms. The van der Waals surface area contributed by atoms with E-state index in [2.05, 4.69) is 35.3 Å². The lowest BCUT2D eigenvalue weighted by Crippen LogP contribution is -2.44. The van der Waals surface area contributed by atoms with Crippen LogP contribution in [0.3, 0.4) is 0 Å². The molecule has 1 aromatic heterocycles. The maximum absolute atomic E-state index is 12.9. The summed E-state index contributed by atoms with van der Waals surface area (Å²) in [6, 6.07) is 18.3. The number of nitriles is 1. The quantitative estimate of drug-likeness (QED) is 0.356. The van der Waals surface area contributed by atoms with Gasteiger partial charge in [-0.2, -0.15) is 5.26 Å². The van der Waals surface area contributed by atoms with Crippen molar-refractivity contribution < 1.29 is 8.42 Å². The third-order valence-corrected chi connectivity index (χ3v) is 12.0. The number of imidazole rings is 1. The number of nitrogens with zero attached hydrogens (tertiary/aromatic N) is 3. The van der Waals surface area contributed by atoms with Crippen molar-refractivity contribution in [2.75, 3.05) is 13.1 Å². The fourth-order valence-electron chi connectivity index (χ4n) is 6.51. The van der Waals surface area contributed by atoms with Gasteiger partial charge in [-0.1, -0.05) is 65.7 Å². The van der Waals surface area contributed by atoms with Crippen LogP contribution in [0.1, 0.15) is 61.4 Å². The van der Waals surface area contributed by atoms with E-state index in [0.29, 0.717) is 35.1 Å². The van der Waals surface area contributed by atoms with Crippen molar-refractivity contribution in [3.05, 3.63) is 93.0 Å². The van der Waals surface area contributed by atoms with Gasteiger partial charge in [0.1, 0.15) is 5.82 Å². The van der Waals surface area contributed by atoms with Gasteiger partial charge >= 0.3 is 0 Å². The monoisotopic (exact) mass is 592 g/mol. The topological polar surface area (TPSA) is 89.8 Å². The zero-order valence-corrected chi connectivity index (χ0v) is 24.7. The number of hydrogen-bond donors (Lipinski definition) is 1. The molecule has 0 radical (unpaired) electrons. The van der Waals surface area contributed by atoms with E-state index in [-0.39, 0.29) is 10.8 Å². The molecule has 1 spiro atoms. The number of piperidine rings is 1. The highest BCUT2D eigenvalue weighted by atomic mass is 35.5. The zero-order chi connectivity index (χ0) is 28.3. The third kappa shape index (κ3) is 4.33. The molecule has 6 nitrogen and oxygen atoms in total. The normalized spacial score (nSPS) is 22.3. The number of aromatic nitrogens is 2. The van der Waals surface area contributed by atoms with Gasteiger partial charge in [-0.15, -0.1) is 0 Å². The first-order valence-electron chi connectivity index (χ1n) is 13.5. The average molecular weight is 594 g/mol. The van der Waals surface area contributed by atoms with E-state index in [1.807, 2.05) is 30.4 Å². The van der Waals surface area contributed by atoms with Crippen molar-refractivity contribution in [3.63, 3.8) is 0 Å². The molecule has 9 heteroatoms. The van der Waals surface area contributed by atoms with Gasteiger partial charge in [0, 0.05) is 25.2 Å². The SMILES string of the molecule is CC(C)S(=O)(=O)N1CCC2(CC1)CC2(c1ccc(-c2cccc(C#N)c2)cc1)c1nc2c([nH]1)CC=C(Cl)C(Cl)=C2. The van der Waals surface area contributed by atoms with Crippen LogP contribution in [0.15, 0.2) is 64.7 Å². The summed E-state index contributed by atoms with van der Waals surface area (Å²) in [7, 11) is -3.30. The molecular formula is C31H30Cl2N4O2S. The van der Waals surface area contributed by atoms with E-state index < -0.39 is 15.3 Å². The van der Waals surface area contributed by atoms with Gasteiger partial charge in [0.2, 0.25) is 10.0 Å². The molecule has 0 bridgehead atoms. The molecule has 1 N–H and O–H groups in total. The maximum Gasteiger partial charge on any atom is 0.216 e. The molecule has 3 aromatic rings. The summed E-state index contributed by atoms with van der Waals surface area (Å²) in [6.07, 6.45) is 6.72. The smallest absolute Gasteiger partial charge is 0.216 e. The Bertz CT molecular complexity index is 1690. The molecule has 1 saturated heterocycles. The lowest BCUT2D eigenvalue weighted by atomic mass is 9.79. The molecule has 1 unspecified atom stereocenters. The standard InChI is InChI=1S/C31H30Cl2N4O2S/c1-20(2)40(38,39)37-14-12-30(13-15-37)19-31(30,29-35-27-11-10-25(32)26(33)17-28(27)36-29)24-8-6-22(7-9-24)23-5-3-4-21(16-23)18-34/h3-10,16-17,20H,11-15,19H2,1-2H3,(H,35,36). The van der Waals surface area contributed by atoms with Crippen LogP contribution >= 0.6 is 23.2 Å².